The van der Waals surface area contributed by atoms with E-state index in [1.165, 1.54) is 4.88 Å². The van der Waals surface area contributed by atoms with Gasteiger partial charge in [-0.25, -0.2) is 4.98 Å². The lowest BCUT2D eigenvalue weighted by Gasteiger charge is -2.29. The molecule has 0 radical (unpaired) electrons. The maximum absolute atomic E-state index is 12.4. The van der Waals surface area contributed by atoms with Crippen LogP contribution in [0.4, 0.5) is 0 Å². The Kier molecular flexibility index (Phi) is 8.09. The molecule has 2 fully saturated rings. The molecule has 4 rings (SSSR count). The van der Waals surface area contributed by atoms with E-state index in [1.807, 2.05) is 0 Å². The van der Waals surface area contributed by atoms with E-state index in [2.05, 4.69) is 40.2 Å². The van der Waals surface area contributed by atoms with Crippen LogP contribution in [0, 0.1) is 5.41 Å². The summed E-state index contributed by atoms with van der Waals surface area (Å²) in [7, 11) is 2.07. The van der Waals surface area contributed by atoms with E-state index < -0.39 is 0 Å². The Labute approximate surface area is 180 Å². The second-order valence-corrected chi connectivity index (χ2v) is 8.89. The maximum Gasteiger partial charge on any atom is 0.312 e. The number of carbonyl (C=O) groups excluding carboxylic acids is 1. The molecule has 0 saturated carbocycles. The summed E-state index contributed by atoms with van der Waals surface area (Å²) in [5, 5.41) is 8.62. The first kappa shape index (κ1) is 22.6. The van der Waals surface area contributed by atoms with Gasteiger partial charge in [0, 0.05) is 24.9 Å². The molecule has 2 saturated heterocycles. The smallest absolute Gasteiger partial charge is 0.312 e. The fraction of sp³-hybridized carbons (Fsp3) is 0.556. The van der Waals surface area contributed by atoms with Crippen LogP contribution >= 0.6 is 47.5 Å². The Hall–Kier alpha value is -0.700. The van der Waals surface area contributed by atoms with Gasteiger partial charge in [-0.1, -0.05) is 6.07 Å². The van der Waals surface area contributed by atoms with Crippen LogP contribution in [0.3, 0.4) is 0 Å². The first-order valence-electron chi connectivity index (χ1n) is 8.73. The van der Waals surface area contributed by atoms with Crippen LogP contribution in [0.5, 0.6) is 0 Å². The van der Waals surface area contributed by atoms with Crippen molar-refractivity contribution in [2.24, 2.45) is 5.41 Å². The predicted molar refractivity (Wildman–Crippen MR) is 115 cm³/mol. The van der Waals surface area contributed by atoms with E-state index in [0.717, 1.165) is 56.1 Å². The number of esters is 1. The Balaban J connectivity index is 0.00000131. The molecular formula is C18H25Cl2N3O2S2. The minimum atomic E-state index is -0.232. The zero-order valence-corrected chi connectivity index (χ0v) is 18.4. The van der Waals surface area contributed by atoms with Gasteiger partial charge in [-0.15, -0.1) is 47.5 Å². The van der Waals surface area contributed by atoms with Gasteiger partial charge in [-0.2, -0.15) is 0 Å². The lowest BCUT2D eigenvalue weighted by Crippen LogP contribution is -2.39. The van der Waals surface area contributed by atoms with Gasteiger partial charge in [-0.05, 0) is 44.4 Å². The van der Waals surface area contributed by atoms with Crippen LogP contribution < -0.4 is 5.32 Å². The van der Waals surface area contributed by atoms with Crippen molar-refractivity contribution in [2.75, 3.05) is 26.7 Å². The van der Waals surface area contributed by atoms with Crippen molar-refractivity contribution < 1.29 is 9.53 Å². The van der Waals surface area contributed by atoms with Crippen molar-refractivity contribution in [1.29, 1.82) is 0 Å². The molecule has 9 heteroatoms. The third-order valence-corrected chi connectivity index (χ3v) is 7.05. The Morgan fingerprint density at radius 1 is 1.33 bits per heavy atom. The number of piperidine rings is 1. The molecule has 5 nitrogen and oxygen atoms in total. The number of thiazole rings is 1. The van der Waals surface area contributed by atoms with Crippen molar-refractivity contribution in [3.63, 3.8) is 0 Å². The summed E-state index contributed by atoms with van der Waals surface area (Å²) in [6, 6.07) is 4.16. The molecule has 2 aliphatic rings. The molecule has 1 atom stereocenters. The zero-order chi connectivity index (χ0) is 17.3. The van der Waals surface area contributed by atoms with Crippen LogP contribution in [0.2, 0.25) is 0 Å². The summed E-state index contributed by atoms with van der Waals surface area (Å²) in [4.78, 5) is 20.5. The van der Waals surface area contributed by atoms with Gasteiger partial charge in [0.2, 0.25) is 0 Å². The molecule has 1 spiro atoms. The SMILES string of the molecule is CN(Cc1csc(-c2cccs2)n1)CC1CC2(CCNCC2)C(=O)O1.Cl.Cl. The number of hydrogen-bond acceptors (Lipinski definition) is 7. The van der Waals surface area contributed by atoms with Crippen molar-refractivity contribution >= 4 is 53.5 Å². The van der Waals surface area contributed by atoms with Gasteiger partial charge in [-0.3, -0.25) is 9.69 Å². The molecule has 0 aromatic carbocycles. The Bertz CT molecular complexity index is 733. The lowest BCUT2D eigenvalue weighted by molar-refractivity contribution is -0.150. The van der Waals surface area contributed by atoms with E-state index in [9.17, 15) is 4.79 Å². The van der Waals surface area contributed by atoms with Gasteiger partial charge >= 0.3 is 5.97 Å². The number of aromatic nitrogens is 1. The highest BCUT2D eigenvalue weighted by atomic mass is 35.5. The summed E-state index contributed by atoms with van der Waals surface area (Å²) in [5.41, 5.74) is 0.848. The molecule has 4 heterocycles. The second-order valence-electron chi connectivity index (χ2n) is 7.08. The molecule has 0 bridgehead atoms. The molecule has 2 aliphatic heterocycles. The number of nitrogens with zero attached hydrogens (tertiary/aromatic N) is 2. The average Bonchev–Trinajstić information content (AvgIpc) is 3.30. The quantitative estimate of drug-likeness (QED) is 0.702. The average molecular weight is 450 g/mol. The number of carbonyl (C=O) groups is 1. The topological polar surface area (TPSA) is 54.5 Å². The minimum Gasteiger partial charge on any atom is -0.461 e. The largest absolute Gasteiger partial charge is 0.461 e. The van der Waals surface area contributed by atoms with Crippen LogP contribution in [0.25, 0.3) is 9.88 Å². The summed E-state index contributed by atoms with van der Waals surface area (Å²) in [5.74, 6) is 0.0149. The number of thiophene rings is 1. The van der Waals surface area contributed by atoms with Gasteiger partial charge in [0.05, 0.1) is 16.0 Å². The number of nitrogens with one attached hydrogen (secondary N) is 1. The normalized spacial score (nSPS) is 21.0. The first-order chi connectivity index (χ1) is 12.1. The molecule has 1 N–H and O–H groups in total. The summed E-state index contributed by atoms with van der Waals surface area (Å²) >= 11 is 3.41. The highest BCUT2D eigenvalue weighted by Crippen LogP contribution is 2.41. The summed E-state index contributed by atoms with van der Waals surface area (Å²) in [6.07, 6.45) is 2.67. The van der Waals surface area contributed by atoms with Crippen molar-refractivity contribution in [1.82, 2.24) is 15.2 Å². The van der Waals surface area contributed by atoms with Gasteiger partial charge < -0.3 is 10.1 Å². The number of halogens is 2. The molecule has 0 amide bonds. The van der Waals surface area contributed by atoms with Crippen molar-refractivity contribution in [3.05, 3.63) is 28.6 Å². The summed E-state index contributed by atoms with van der Waals surface area (Å²) < 4.78 is 5.70. The molecular weight excluding hydrogens is 425 g/mol. The maximum atomic E-state index is 12.4. The lowest BCUT2D eigenvalue weighted by atomic mass is 9.76. The molecule has 0 aliphatic carbocycles. The molecule has 27 heavy (non-hydrogen) atoms. The Morgan fingerprint density at radius 2 is 2.11 bits per heavy atom. The van der Waals surface area contributed by atoms with Gasteiger partial charge in [0.25, 0.3) is 0 Å². The van der Waals surface area contributed by atoms with E-state index in [4.69, 9.17) is 9.72 Å². The van der Waals surface area contributed by atoms with Crippen LogP contribution in [0.15, 0.2) is 22.9 Å². The second kappa shape index (κ2) is 9.67. The Morgan fingerprint density at radius 3 is 2.81 bits per heavy atom. The van der Waals surface area contributed by atoms with Crippen LogP contribution in [0.1, 0.15) is 25.0 Å². The third kappa shape index (κ3) is 5.02. The summed E-state index contributed by atoms with van der Waals surface area (Å²) in [6.45, 7) is 3.39. The minimum absolute atomic E-state index is 0. The van der Waals surface area contributed by atoms with Gasteiger partial charge in [0.15, 0.2) is 0 Å². The van der Waals surface area contributed by atoms with Crippen molar-refractivity contribution in [2.45, 2.75) is 31.9 Å². The molecule has 1 unspecified atom stereocenters. The molecule has 150 valence electrons. The zero-order valence-electron chi connectivity index (χ0n) is 15.2. The van der Waals surface area contributed by atoms with E-state index in [1.54, 1.807) is 22.7 Å². The van der Waals surface area contributed by atoms with Crippen molar-refractivity contribution in [3.8, 4) is 9.88 Å². The van der Waals surface area contributed by atoms with Crippen LogP contribution in [-0.2, 0) is 16.1 Å². The molecule has 2 aromatic rings. The van der Waals surface area contributed by atoms with E-state index in [0.29, 0.717) is 0 Å². The predicted octanol–water partition coefficient (Wildman–Crippen LogP) is 3.83. The van der Waals surface area contributed by atoms with Crippen LogP contribution in [-0.4, -0.2) is 48.6 Å². The number of ether oxygens (including phenoxy) is 1. The fourth-order valence-corrected chi connectivity index (χ4v) is 5.46. The number of hydrogen-bond donors (Lipinski definition) is 1. The standard InChI is InChI=1S/C18H23N3O2S2.2ClH/c1-21(10-13-12-25-16(20-13)15-3-2-8-24-15)11-14-9-18(17(22)23-14)4-6-19-7-5-18;;/h2-3,8,12,14,19H,4-7,9-11H2,1H3;2*1H. The monoisotopic (exact) mass is 449 g/mol. The highest BCUT2D eigenvalue weighted by Gasteiger charge is 2.49. The number of rotatable bonds is 5. The number of likely N-dealkylation sites (N-methyl/N-ethyl adjacent to an activating group) is 1. The molecule has 2 aromatic heterocycles. The highest BCUT2D eigenvalue weighted by molar-refractivity contribution is 7.20. The van der Waals surface area contributed by atoms with E-state index >= 15 is 0 Å². The number of cyclic esters (lactones) is 1. The third-order valence-electron chi connectivity index (χ3n) is 5.12. The van der Waals surface area contributed by atoms with E-state index in [-0.39, 0.29) is 42.3 Å². The first-order valence-corrected chi connectivity index (χ1v) is 10.5. The van der Waals surface area contributed by atoms with Gasteiger partial charge in [0.1, 0.15) is 11.1 Å². The fourth-order valence-electron chi connectivity index (χ4n) is 3.83.